The minimum atomic E-state index is -0.683. The topological polar surface area (TPSA) is 61.9 Å². The van der Waals surface area contributed by atoms with Gasteiger partial charge in [0, 0.05) is 26.2 Å². The van der Waals surface area contributed by atoms with Crippen LogP contribution in [0.5, 0.6) is 0 Å². The van der Waals surface area contributed by atoms with Crippen LogP contribution in [-0.4, -0.2) is 67.6 Å². The second-order valence-corrected chi connectivity index (χ2v) is 7.37. The predicted octanol–water partition coefficient (Wildman–Crippen LogP) is 1.58. The van der Waals surface area contributed by atoms with Gasteiger partial charge in [-0.2, -0.15) is 0 Å². The van der Waals surface area contributed by atoms with Gasteiger partial charge < -0.3 is 19.9 Å². The Bertz CT molecular complexity index is 616. The summed E-state index contributed by atoms with van der Waals surface area (Å²) in [5, 5.41) is 2.91. The number of hydrogen-bond acceptors (Lipinski definition) is 4. The van der Waals surface area contributed by atoms with Gasteiger partial charge in [0.2, 0.25) is 5.91 Å². The molecule has 2 atom stereocenters. The first-order valence-electron chi connectivity index (χ1n) is 9.47. The fraction of sp³-hybridized carbons (Fsp3) is 0.600. The maximum absolute atomic E-state index is 13.0. The van der Waals surface area contributed by atoms with Gasteiger partial charge in [-0.05, 0) is 25.5 Å². The van der Waals surface area contributed by atoms with Crippen LogP contribution in [-0.2, 0) is 14.3 Å². The largest absolute Gasteiger partial charge is 0.356 e. The summed E-state index contributed by atoms with van der Waals surface area (Å²) in [6.07, 6.45) is 4.43. The smallest absolute Gasteiger partial charge is 0.254 e. The summed E-state index contributed by atoms with van der Waals surface area (Å²) >= 11 is 0. The summed E-state index contributed by atoms with van der Waals surface area (Å²) in [4.78, 5) is 28.8. The monoisotopic (exact) mass is 359 g/mol. The molecule has 6 heteroatoms. The average molecular weight is 359 g/mol. The van der Waals surface area contributed by atoms with Gasteiger partial charge in [0.25, 0.3) is 5.91 Å². The minimum absolute atomic E-state index is 0.0739. The van der Waals surface area contributed by atoms with Crippen molar-refractivity contribution in [3.63, 3.8) is 0 Å². The van der Waals surface area contributed by atoms with E-state index in [0.717, 1.165) is 12.1 Å². The molecule has 0 bridgehead atoms. The van der Waals surface area contributed by atoms with Gasteiger partial charge in [-0.15, -0.1) is 0 Å². The SMILES string of the molecule is CN(CCN(C)C1CCCC1)C(=O)[C@H]1OCC(=O)N[C@@H]1c1ccccc1. The van der Waals surface area contributed by atoms with Crippen LogP contribution >= 0.6 is 0 Å². The van der Waals surface area contributed by atoms with Crippen LogP contribution in [0.1, 0.15) is 37.3 Å². The third-order valence-electron chi connectivity index (χ3n) is 5.53. The van der Waals surface area contributed by atoms with Gasteiger partial charge in [-0.3, -0.25) is 9.59 Å². The van der Waals surface area contributed by atoms with Crippen LogP contribution < -0.4 is 5.32 Å². The summed E-state index contributed by atoms with van der Waals surface area (Å²) in [6, 6.07) is 9.73. The van der Waals surface area contributed by atoms with E-state index >= 15 is 0 Å². The number of carbonyl (C=O) groups excluding carboxylic acids is 2. The highest BCUT2D eigenvalue weighted by Crippen LogP contribution is 2.24. The fourth-order valence-corrected chi connectivity index (χ4v) is 3.85. The highest BCUT2D eigenvalue weighted by atomic mass is 16.5. The van der Waals surface area contributed by atoms with E-state index in [4.69, 9.17) is 4.74 Å². The maximum Gasteiger partial charge on any atom is 0.254 e. The van der Waals surface area contributed by atoms with Gasteiger partial charge in [0.1, 0.15) is 6.61 Å². The van der Waals surface area contributed by atoms with Gasteiger partial charge >= 0.3 is 0 Å². The van der Waals surface area contributed by atoms with Crippen molar-refractivity contribution >= 4 is 11.8 Å². The Morgan fingerprint density at radius 3 is 2.54 bits per heavy atom. The number of hydrogen-bond donors (Lipinski definition) is 1. The molecule has 1 N–H and O–H groups in total. The molecule has 6 nitrogen and oxygen atoms in total. The van der Waals surface area contributed by atoms with E-state index < -0.39 is 12.1 Å². The predicted molar refractivity (Wildman–Crippen MR) is 99.6 cm³/mol. The Kier molecular flexibility index (Phi) is 6.27. The number of amides is 2. The number of likely N-dealkylation sites (N-methyl/N-ethyl adjacent to an activating group) is 2. The standard InChI is InChI=1S/C20H29N3O3/c1-22(16-10-6-7-11-16)12-13-23(2)20(25)19-18(21-17(24)14-26-19)15-8-4-3-5-9-15/h3-5,8-9,16,18-19H,6-7,10-14H2,1-2H3,(H,21,24)/t18-,19+/m1/s1. The van der Waals surface area contributed by atoms with Gasteiger partial charge in [-0.25, -0.2) is 0 Å². The number of ether oxygens (including phenoxy) is 1. The Hall–Kier alpha value is -1.92. The highest BCUT2D eigenvalue weighted by molar-refractivity contribution is 5.86. The molecule has 0 unspecified atom stereocenters. The molecule has 1 aliphatic carbocycles. The molecule has 1 saturated carbocycles. The van der Waals surface area contributed by atoms with E-state index in [1.54, 1.807) is 4.90 Å². The van der Waals surface area contributed by atoms with E-state index in [0.29, 0.717) is 12.6 Å². The van der Waals surface area contributed by atoms with Crippen LogP contribution in [0.3, 0.4) is 0 Å². The van der Waals surface area contributed by atoms with E-state index in [-0.39, 0.29) is 18.4 Å². The molecule has 2 aliphatic rings. The van der Waals surface area contributed by atoms with Gasteiger partial charge in [-0.1, -0.05) is 43.2 Å². The molecule has 2 fully saturated rings. The molecule has 1 aromatic rings. The normalized spacial score (nSPS) is 23.9. The number of carbonyl (C=O) groups is 2. The van der Waals surface area contributed by atoms with E-state index in [9.17, 15) is 9.59 Å². The number of nitrogens with one attached hydrogen (secondary N) is 1. The van der Waals surface area contributed by atoms with Crippen LogP contribution in [0.25, 0.3) is 0 Å². The van der Waals surface area contributed by atoms with Crippen molar-refractivity contribution in [3.05, 3.63) is 35.9 Å². The van der Waals surface area contributed by atoms with E-state index in [1.165, 1.54) is 25.7 Å². The summed E-state index contributed by atoms with van der Waals surface area (Å²) in [7, 11) is 3.95. The third-order valence-corrected chi connectivity index (χ3v) is 5.53. The molecule has 26 heavy (non-hydrogen) atoms. The van der Waals surface area contributed by atoms with E-state index in [2.05, 4.69) is 17.3 Å². The van der Waals surface area contributed by atoms with Crippen molar-refractivity contribution in [2.24, 2.45) is 0 Å². The molecule has 142 valence electrons. The molecular formula is C20H29N3O3. The second-order valence-electron chi connectivity index (χ2n) is 7.37. The van der Waals surface area contributed by atoms with Crippen molar-refractivity contribution in [2.45, 2.75) is 43.9 Å². The lowest BCUT2D eigenvalue weighted by atomic mass is 9.99. The third kappa shape index (κ3) is 4.43. The first kappa shape index (κ1) is 18.9. The number of benzene rings is 1. The zero-order valence-corrected chi connectivity index (χ0v) is 15.7. The summed E-state index contributed by atoms with van der Waals surface area (Å²) in [5.41, 5.74) is 0.885. The van der Waals surface area contributed by atoms with Crippen LogP contribution in [0.15, 0.2) is 30.3 Å². The average Bonchev–Trinajstić information content (AvgIpc) is 3.21. The molecule has 0 aromatic heterocycles. The number of rotatable bonds is 6. The first-order chi connectivity index (χ1) is 12.6. The molecule has 1 heterocycles. The van der Waals surface area contributed by atoms with E-state index in [1.807, 2.05) is 37.4 Å². The lowest BCUT2D eigenvalue weighted by Crippen LogP contribution is -2.53. The lowest BCUT2D eigenvalue weighted by Gasteiger charge is -2.35. The molecule has 2 amide bonds. The van der Waals surface area contributed by atoms with Crippen LogP contribution in [0.4, 0.5) is 0 Å². The number of nitrogens with zero attached hydrogens (tertiary/aromatic N) is 2. The molecule has 0 radical (unpaired) electrons. The first-order valence-corrected chi connectivity index (χ1v) is 9.47. The van der Waals surface area contributed by atoms with Crippen molar-refractivity contribution in [2.75, 3.05) is 33.8 Å². The second kappa shape index (κ2) is 8.64. The molecule has 0 spiro atoms. The zero-order valence-electron chi connectivity index (χ0n) is 15.7. The zero-order chi connectivity index (χ0) is 18.5. The molecular weight excluding hydrogens is 330 g/mol. The molecule has 1 aliphatic heterocycles. The van der Waals surface area contributed by atoms with Crippen molar-refractivity contribution < 1.29 is 14.3 Å². The van der Waals surface area contributed by atoms with Crippen LogP contribution in [0, 0.1) is 0 Å². The van der Waals surface area contributed by atoms with Gasteiger partial charge in [0.15, 0.2) is 6.10 Å². The molecule has 1 aromatic carbocycles. The quantitative estimate of drug-likeness (QED) is 0.838. The minimum Gasteiger partial charge on any atom is -0.356 e. The molecule has 1 saturated heterocycles. The van der Waals surface area contributed by atoms with Crippen molar-refractivity contribution in [1.82, 2.24) is 15.1 Å². The van der Waals surface area contributed by atoms with Crippen molar-refractivity contribution in [1.29, 1.82) is 0 Å². The number of morpholine rings is 1. The Morgan fingerprint density at radius 2 is 1.85 bits per heavy atom. The molecule has 3 rings (SSSR count). The maximum atomic E-state index is 13.0. The summed E-state index contributed by atoms with van der Waals surface area (Å²) < 4.78 is 5.63. The van der Waals surface area contributed by atoms with Crippen LogP contribution in [0.2, 0.25) is 0 Å². The highest BCUT2D eigenvalue weighted by Gasteiger charge is 2.37. The lowest BCUT2D eigenvalue weighted by molar-refractivity contribution is -0.154. The van der Waals surface area contributed by atoms with Gasteiger partial charge in [0.05, 0.1) is 6.04 Å². The summed E-state index contributed by atoms with van der Waals surface area (Å²) in [5.74, 6) is -0.273. The fourth-order valence-electron chi connectivity index (χ4n) is 3.85. The summed E-state index contributed by atoms with van der Waals surface area (Å²) in [6.45, 7) is 1.43. The van der Waals surface area contributed by atoms with Crippen molar-refractivity contribution in [3.8, 4) is 0 Å². The Balaban J connectivity index is 1.61. The Morgan fingerprint density at radius 1 is 1.15 bits per heavy atom. The Labute approximate surface area is 155 Å².